The van der Waals surface area contributed by atoms with Crippen LogP contribution >= 0.6 is 27.3 Å². The van der Waals surface area contributed by atoms with Crippen LogP contribution < -0.4 is 33.8 Å². The number of carbonyl (C=O) groups is 1. The Morgan fingerprint density at radius 3 is 2.41 bits per heavy atom. The molecule has 0 radical (unpaired) electrons. The third-order valence-electron chi connectivity index (χ3n) is 6.08. The van der Waals surface area contributed by atoms with Crippen molar-refractivity contribution in [1.82, 2.24) is 4.57 Å². The van der Waals surface area contributed by atoms with Crippen LogP contribution in [0.4, 0.5) is 0 Å². The number of benzene rings is 2. The van der Waals surface area contributed by atoms with Crippen LogP contribution in [0.2, 0.25) is 0 Å². The molecule has 0 saturated carbocycles. The van der Waals surface area contributed by atoms with Gasteiger partial charge in [0.05, 0.1) is 60.9 Å². The summed E-state index contributed by atoms with van der Waals surface area (Å²) in [5, 5.41) is 0. The maximum absolute atomic E-state index is 13.9. The van der Waals surface area contributed by atoms with Crippen molar-refractivity contribution in [3.05, 3.63) is 76.9 Å². The van der Waals surface area contributed by atoms with E-state index in [2.05, 4.69) is 20.9 Å². The van der Waals surface area contributed by atoms with Crippen molar-refractivity contribution < 1.29 is 28.5 Å². The molecule has 0 unspecified atom stereocenters. The molecule has 0 amide bonds. The largest absolute Gasteiger partial charge is 0.493 e. The lowest BCUT2D eigenvalue weighted by atomic mass is 9.95. The van der Waals surface area contributed by atoms with Crippen molar-refractivity contribution in [2.45, 2.75) is 26.8 Å². The van der Waals surface area contributed by atoms with Crippen molar-refractivity contribution in [3.8, 4) is 23.0 Å². The number of thiazole rings is 1. The third-order valence-corrected chi connectivity index (χ3v) is 7.65. The third kappa shape index (κ3) is 5.46. The number of aromatic nitrogens is 1. The SMILES string of the molecule is CCOC(=O)C1=C(C)N=c2s/c(=C\c3cc(Br)c(OCC)c(OC)c3)c(=O)n2[C@H]1c1ccc(OC)c(OC)c1. The number of allylic oxidation sites excluding steroid dienone is 1. The number of halogens is 1. The number of nitrogens with zero attached hydrogens (tertiary/aromatic N) is 2. The van der Waals surface area contributed by atoms with Crippen LogP contribution in [0.25, 0.3) is 6.08 Å². The number of carbonyl (C=O) groups excluding carboxylic acids is 1. The summed E-state index contributed by atoms with van der Waals surface area (Å²) in [6.07, 6.45) is 1.77. The van der Waals surface area contributed by atoms with Gasteiger partial charge in [-0.15, -0.1) is 0 Å². The highest BCUT2D eigenvalue weighted by Gasteiger charge is 2.34. The van der Waals surface area contributed by atoms with Crippen molar-refractivity contribution in [1.29, 1.82) is 0 Å². The van der Waals surface area contributed by atoms with E-state index in [1.165, 1.54) is 23.0 Å². The number of methoxy groups -OCH3 is 3. The number of ether oxygens (including phenoxy) is 5. The van der Waals surface area contributed by atoms with Crippen LogP contribution in [0.5, 0.6) is 23.0 Å². The van der Waals surface area contributed by atoms with E-state index in [1.807, 2.05) is 13.0 Å². The van der Waals surface area contributed by atoms with Crippen LogP contribution in [0.3, 0.4) is 0 Å². The van der Waals surface area contributed by atoms with Gasteiger partial charge >= 0.3 is 5.97 Å². The van der Waals surface area contributed by atoms with Gasteiger partial charge < -0.3 is 23.7 Å². The molecule has 0 N–H and O–H groups in total. The second kappa shape index (κ2) is 12.1. The highest BCUT2D eigenvalue weighted by molar-refractivity contribution is 9.10. The molecular weight excluding hydrogens is 588 g/mol. The average Bonchev–Trinajstić information content (AvgIpc) is 3.22. The first-order chi connectivity index (χ1) is 18.8. The molecule has 1 atom stereocenters. The van der Waals surface area contributed by atoms with E-state index >= 15 is 0 Å². The molecule has 9 nitrogen and oxygen atoms in total. The molecule has 1 aliphatic heterocycles. The molecule has 206 valence electrons. The van der Waals surface area contributed by atoms with Crippen molar-refractivity contribution in [2.24, 2.45) is 4.99 Å². The Bertz CT molecular complexity index is 1620. The molecule has 4 rings (SSSR count). The maximum Gasteiger partial charge on any atom is 0.338 e. The zero-order chi connectivity index (χ0) is 28.3. The molecule has 0 bridgehead atoms. The molecule has 0 aliphatic carbocycles. The minimum absolute atomic E-state index is 0.188. The molecule has 0 saturated heterocycles. The van der Waals surface area contributed by atoms with Crippen LogP contribution in [0, 0.1) is 0 Å². The van der Waals surface area contributed by atoms with Crippen molar-refractivity contribution >= 4 is 39.3 Å². The van der Waals surface area contributed by atoms with Crippen molar-refractivity contribution in [3.63, 3.8) is 0 Å². The summed E-state index contributed by atoms with van der Waals surface area (Å²) >= 11 is 4.77. The second-order valence-corrected chi connectivity index (χ2v) is 10.2. The van der Waals surface area contributed by atoms with E-state index in [0.29, 0.717) is 54.7 Å². The Labute approximate surface area is 238 Å². The number of fused-ring (bicyclic) bond motifs is 1. The molecule has 39 heavy (non-hydrogen) atoms. The van der Waals surface area contributed by atoms with Gasteiger partial charge in [-0.25, -0.2) is 9.79 Å². The van der Waals surface area contributed by atoms with E-state index in [0.717, 1.165) is 5.56 Å². The van der Waals surface area contributed by atoms with Gasteiger partial charge in [0.25, 0.3) is 5.56 Å². The molecule has 3 aromatic rings. The van der Waals surface area contributed by atoms with Gasteiger partial charge in [-0.3, -0.25) is 9.36 Å². The topological polar surface area (TPSA) is 97.6 Å². The summed E-state index contributed by atoms with van der Waals surface area (Å²) in [6.45, 7) is 6.03. The van der Waals surface area contributed by atoms with Gasteiger partial charge in [0.2, 0.25) is 0 Å². The number of rotatable bonds is 9. The summed E-state index contributed by atoms with van der Waals surface area (Å²) < 4.78 is 30.1. The Hall–Kier alpha value is -3.57. The minimum atomic E-state index is -0.774. The number of hydrogen-bond donors (Lipinski definition) is 0. The van der Waals surface area contributed by atoms with E-state index in [-0.39, 0.29) is 17.7 Å². The molecular formula is C28H29BrN2O7S. The van der Waals surface area contributed by atoms with E-state index in [9.17, 15) is 9.59 Å². The summed E-state index contributed by atoms with van der Waals surface area (Å²) in [5.41, 5.74) is 1.86. The second-order valence-electron chi connectivity index (χ2n) is 8.38. The Kier molecular flexibility index (Phi) is 8.81. The molecule has 1 aromatic heterocycles. The molecule has 2 aromatic carbocycles. The minimum Gasteiger partial charge on any atom is -0.493 e. The van der Waals surface area contributed by atoms with Crippen LogP contribution in [-0.4, -0.2) is 45.1 Å². The molecule has 11 heteroatoms. The Morgan fingerprint density at radius 2 is 1.77 bits per heavy atom. The van der Waals surface area contributed by atoms with E-state index in [1.54, 1.807) is 58.4 Å². The fourth-order valence-corrected chi connectivity index (χ4v) is 6.01. The zero-order valence-electron chi connectivity index (χ0n) is 22.5. The lowest BCUT2D eigenvalue weighted by Crippen LogP contribution is -2.40. The predicted octanol–water partition coefficient (Wildman–Crippen LogP) is 3.99. The lowest BCUT2D eigenvalue weighted by Gasteiger charge is -2.25. The quantitative estimate of drug-likeness (QED) is 0.335. The molecule has 1 aliphatic rings. The molecule has 0 spiro atoms. The summed E-state index contributed by atoms with van der Waals surface area (Å²) in [5.74, 6) is 1.59. The highest BCUT2D eigenvalue weighted by atomic mass is 79.9. The Balaban J connectivity index is 1.95. The number of hydrogen-bond acceptors (Lipinski definition) is 9. The fraction of sp³-hybridized carbons (Fsp3) is 0.321. The first-order valence-corrected chi connectivity index (χ1v) is 13.8. The first kappa shape index (κ1) is 28.4. The lowest BCUT2D eigenvalue weighted by molar-refractivity contribution is -0.139. The van der Waals surface area contributed by atoms with Crippen LogP contribution in [0.15, 0.2) is 55.9 Å². The van der Waals surface area contributed by atoms with E-state index in [4.69, 9.17) is 23.7 Å². The van der Waals surface area contributed by atoms with Crippen molar-refractivity contribution in [2.75, 3.05) is 34.5 Å². The molecule has 0 fully saturated rings. The monoisotopic (exact) mass is 616 g/mol. The first-order valence-electron chi connectivity index (χ1n) is 12.2. The smallest absolute Gasteiger partial charge is 0.338 e. The highest BCUT2D eigenvalue weighted by Crippen LogP contribution is 2.38. The Morgan fingerprint density at radius 1 is 1.05 bits per heavy atom. The zero-order valence-corrected chi connectivity index (χ0v) is 24.9. The van der Waals surface area contributed by atoms with E-state index < -0.39 is 12.0 Å². The van der Waals surface area contributed by atoms with Gasteiger partial charge in [0, 0.05) is 0 Å². The normalized spacial score (nSPS) is 14.9. The van der Waals surface area contributed by atoms with Gasteiger partial charge in [-0.1, -0.05) is 17.4 Å². The summed E-state index contributed by atoms with van der Waals surface area (Å²) in [7, 11) is 4.64. The van der Waals surface area contributed by atoms with Gasteiger partial charge in [0.15, 0.2) is 27.8 Å². The number of esters is 1. The van der Waals surface area contributed by atoms with Crippen LogP contribution in [0.1, 0.15) is 37.9 Å². The standard InChI is InChI=1S/C28H29BrN2O7S/c1-7-37-25-18(29)11-16(12-21(25)36-6)13-22-26(32)31-24(17-9-10-19(34-4)20(14-17)35-5)23(27(33)38-8-2)15(3)30-28(31)39-22/h9-14,24H,7-8H2,1-6H3/b22-13-/t24-/m0/s1. The fourth-order valence-electron chi connectivity index (χ4n) is 4.39. The van der Waals surface area contributed by atoms with Crippen LogP contribution in [-0.2, 0) is 9.53 Å². The maximum atomic E-state index is 13.9. The molecule has 2 heterocycles. The van der Waals surface area contributed by atoms with Gasteiger partial charge in [0.1, 0.15) is 0 Å². The average molecular weight is 618 g/mol. The predicted molar refractivity (Wildman–Crippen MR) is 152 cm³/mol. The summed E-state index contributed by atoms with van der Waals surface area (Å²) in [6, 6.07) is 8.18. The van der Waals surface area contributed by atoms with Gasteiger partial charge in [-0.2, -0.15) is 0 Å². The summed E-state index contributed by atoms with van der Waals surface area (Å²) in [4.78, 5) is 32.1. The van der Waals surface area contributed by atoms with Gasteiger partial charge in [-0.05, 0) is 78.2 Å².